The number of nitrogens with one attached hydrogen (secondary N) is 1. The number of rotatable bonds is 12. The average Bonchev–Trinajstić information content (AvgIpc) is 3.40. The Morgan fingerprint density at radius 2 is 1.95 bits per heavy atom. The van der Waals surface area contributed by atoms with Crippen LogP contribution in [0.5, 0.6) is 11.5 Å². The van der Waals surface area contributed by atoms with Crippen LogP contribution >= 0.6 is 11.6 Å². The number of fused-ring (bicyclic) bond motifs is 1. The minimum atomic E-state index is -0.821. The quantitative estimate of drug-likeness (QED) is 0.180. The minimum absolute atomic E-state index is 0.0982. The summed E-state index contributed by atoms with van der Waals surface area (Å²) in [5.41, 5.74) is 6.91. The van der Waals surface area contributed by atoms with Gasteiger partial charge >= 0.3 is 5.97 Å². The molecule has 208 valence electrons. The molecule has 0 radical (unpaired) electrons. The normalized spacial score (nSPS) is 13.8. The van der Waals surface area contributed by atoms with Gasteiger partial charge in [-0.3, -0.25) is 9.78 Å². The van der Waals surface area contributed by atoms with E-state index in [4.69, 9.17) is 26.2 Å². The molecule has 0 bridgehead atoms. The molecule has 4 aromatic rings. The molecule has 0 spiro atoms. The fourth-order valence-electron chi connectivity index (χ4n) is 5.10. The van der Waals surface area contributed by atoms with Crippen molar-refractivity contribution in [1.82, 2.24) is 10.3 Å². The third-order valence-electron chi connectivity index (χ3n) is 7.06. The molecule has 0 saturated heterocycles. The smallest absolute Gasteiger partial charge is 0.303 e. The van der Waals surface area contributed by atoms with Gasteiger partial charge in [-0.1, -0.05) is 60.1 Å². The standard InChI is InChI=1S/C33H30ClN3O4/c34-29-15-25(20-36-13-5-10-33(38)39)31(40-21-23-14-22(17-35)18-37-19-23)16-32(29)41-30-12-11-27-26(8-4-9-28(27)30)24-6-2-1-3-7-24/h1-4,6-9,14-16,18-19,30,36H,5,10-13,20-21H2,(H,38,39). The summed E-state index contributed by atoms with van der Waals surface area (Å²) in [6, 6.07) is 24.2. The van der Waals surface area contributed by atoms with Gasteiger partial charge in [0.25, 0.3) is 0 Å². The zero-order valence-electron chi connectivity index (χ0n) is 22.5. The minimum Gasteiger partial charge on any atom is -0.488 e. The van der Waals surface area contributed by atoms with Gasteiger partial charge < -0.3 is 19.9 Å². The molecule has 41 heavy (non-hydrogen) atoms. The van der Waals surface area contributed by atoms with Crippen LogP contribution in [-0.4, -0.2) is 22.6 Å². The molecular formula is C33H30ClN3O4. The van der Waals surface area contributed by atoms with E-state index in [-0.39, 0.29) is 19.1 Å². The Morgan fingerprint density at radius 3 is 2.76 bits per heavy atom. The predicted octanol–water partition coefficient (Wildman–Crippen LogP) is 6.87. The topological polar surface area (TPSA) is 104 Å². The van der Waals surface area contributed by atoms with E-state index >= 15 is 0 Å². The van der Waals surface area contributed by atoms with Crippen molar-refractivity contribution in [2.75, 3.05) is 6.54 Å². The Morgan fingerprint density at radius 1 is 1.10 bits per heavy atom. The number of ether oxygens (including phenoxy) is 2. The number of hydrogen-bond acceptors (Lipinski definition) is 6. The molecule has 0 amide bonds. The zero-order chi connectivity index (χ0) is 28.6. The Labute approximate surface area is 244 Å². The van der Waals surface area contributed by atoms with E-state index in [9.17, 15) is 10.1 Å². The van der Waals surface area contributed by atoms with Gasteiger partial charge in [0.2, 0.25) is 0 Å². The summed E-state index contributed by atoms with van der Waals surface area (Å²) in [6.45, 7) is 1.19. The Bertz CT molecular complexity index is 1570. The highest BCUT2D eigenvalue weighted by atomic mass is 35.5. The van der Waals surface area contributed by atoms with Crippen molar-refractivity contribution < 1.29 is 19.4 Å². The van der Waals surface area contributed by atoms with Crippen molar-refractivity contribution in [3.63, 3.8) is 0 Å². The maximum Gasteiger partial charge on any atom is 0.303 e. The van der Waals surface area contributed by atoms with Crippen LogP contribution in [0.3, 0.4) is 0 Å². The van der Waals surface area contributed by atoms with Crippen LogP contribution < -0.4 is 14.8 Å². The Kier molecular flexibility index (Phi) is 9.15. The van der Waals surface area contributed by atoms with E-state index in [0.29, 0.717) is 41.6 Å². The van der Waals surface area contributed by atoms with Crippen LogP contribution in [0.15, 0.2) is 79.1 Å². The molecule has 0 aliphatic heterocycles. The molecule has 0 saturated carbocycles. The van der Waals surface area contributed by atoms with Gasteiger partial charge in [0.1, 0.15) is 30.3 Å². The lowest BCUT2D eigenvalue weighted by Crippen LogP contribution is -2.16. The van der Waals surface area contributed by atoms with Crippen LogP contribution in [0.2, 0.25) is 5.02 Å². The van der Waals surface area contributed by atoms with Gasteiger partial charge in [0, 0.05) is 42.6 Å². The van der Waals surface area contributed by atoms with Crippen molar-refractivity contribution >= 4 is 17.6 Å². The van der Waals surface area contributed by atoms with E-state index in [1.807, 2.05) is 30.3 Å². The highest BCUT2D eigenvalue weighted by Crippen LogP contribution is 2.42. The number of hydrogen-bond donors (Lipinski definition) is 2. The van der Waals surface area contributed by atoms with Crippen LogP contribution in [0.4, 0.5) is 0 Å². The Hall–Kier alpha value is -4.38. The van der Waals surface area contributed by atoms with Gasteiger partial charge in [-0.2, -0.15) is 5.26 Å². The lowest BCUT2D eigenvalue weighted by atomic mass is 9.97. The first kappa shape index (κ1) is 28.2. The first-order valence-electron chi connectivity index (χ1n) is 13.6. The molecule has 3 aromatic carbocycles. The van der Waals surface area contributed by atoms with Crippen molar-refractivity contribution in [3.8, 4) is 28.7 Å². The van der Waals surface area contributed by atoms with Crippen LogP contribution in [0.25, 0.3) is 11.1 Å². The molecule has 0 fully saturated rings. The number of nitrogens with zero attached hydrogens (tertiary/aromatic N) is 2. The first-order valence-corrected chi connectivity index (χ1v) is 13.9. The summed E-state index contributed by atoms with van der Waals surface area (Å²) in [5, 5.41) is 21.9. The Balaban J connectivity index is 1.37. The fraction of sp³-hybridized carbons (Fsp3) is 0.242. The van der Waals surface area contributed by atoms with Crippen molar-refractivity contribution in [2.45, 2.75) is 44.9 Å². The second kappa shape index (κ2) is 13.3. The zero-order valence-corrected chi connectivity index (χ0v) is 23.2. The molecule has 1 atom stereocenters. The summed E-state index contributed by atoms with van der Waals surface area (Å²) in [6.07, 6.45) is 5.39. The van der Waals surface area contributed by atoms with E-state index in [1.54, 1.807) is 12.3 Å². The number of pyridine rings is 1. The summed E-state index contributed by atoms with van der Waals surface area (Å²) in [5.74, 6) is 0.301. The van der Waals surface area contributed by atoms with Crippen molar-refractivity contribution in [3.05, 3.63) is 112 Å². The summed E-state index contributed by atoms with van der Waals surface area (Å²) < 4.78 is 12.7. The number of nitriles is 1. The molecule has 7 nitrogen and oxygen atoms in total. The summed E-state index contributed by atoms with van der Waals surface area (Å²) in [7, 11) is 0. The SMILES string of the molecule is N#Cc1cncc(COc2cc(OC3CCc4c(-c5ccccc5)cccc43)c(Cl)cc2CNCCCC(=O)O)c1. The van der Waals surface area contributed by atoms with Crippen LogP contribution in [0, 0.1) is 11.3 Å². The number of carboxylic acid groups (broad SMARTS) is 1. The molecular weight excluding hydrogens is 538 g/mol. The van der Waals surface area contributed by atoms with E-state index in [2.05, 4.69) is 46.7 Å². The number of halogens is 1. The van der Waals surface area contributed by atoms with Gasteiger partial charge in [0.15, 0.2) is 0 Å². The summed E-state index contributed by atoms with van der Waals surface area (Å²) >= 11 is 6.74. The molecule has 5 rings (SSSR count). The maximum absolute atomic E-state index is 10.8. The second-order valence-corrected chi connectivity index (χ2v) is 10.3. The monoisotopic (exact) mass is 567 g/mol. The average molecular weight is 568 g/mol. The molecule has 1 heterocycles. The lowest BCUT2D eigenvalue weighted by molar-refractivity contribution is -0.137. The molecule has 1 aliphatic rings. The predicted molar refractivity (Wildman–Crippen MR) is 157 cm³/mol. The van der Waals surface area contributed by atoms with Crippen LogP contribution in [0.1, 0.15) is 53.2 Å². The maximum atomic E-state index is 10.8. The van der Waals surface area contributed by atoms with Gasteiger partial charge in [-0.05, 0) is 60.2 Å². The number of carboxylic acids is 1. The molecule has 1 aromatic heterocycles. The number of benzene rings is 3. The molecule has 1 aliphatic carbocycles. The number of aromatic nitrogens is 1. The summed E-state index contributed by atoms with van der Waals surface area (Å²) in [4.78, 5) is 15.0. The van der Waals surface area contributed by atoms with E-state index in [0.717, 1.165) is 29.5 Å². The molecule has 1 unspecified atom stereocenters. The van der Waals surface area contributed by atoms with E-state index < -0.39 is 5.97 Å². The first-order chi connectivity index (χ1) is 20.0. The van der Waals surface area contributed by atoms with Crippen molar-refractivity contribution in [2.24, 2.45) is 0 Å². The highest BCUT2D eigenvalue weighted by Gasteiger charge is 2.27. The van der Waals surface area contributed by atoms with Gasteiger partial charge in [-0.25, -0.2) is 0 Å². The van der Waals surface area contributed by atoms with E-state index in [1.165, 1.54) is 22.9 Å². The second-order valence-electron chi connectivity index (χ2n) is 9.93. The third-order valence-corrected chi connectivity index (χ3v) is 7.36. The third kappa shape index (κ3) is 7.04. The number of carbonyl (C=O) groups is 1. The highest BCUT2D eigenvalue weighted by molar-refractivity contribution is 6.32. The molecule has 8 heteroatoms. The van der Waals surface area contributed by atoms with Crippen LogP contribution in [-0.2, 0) is 24.4 Å². The largest absolute Gasteiger partial charge is 0.488 e. The van der Waals surface area contributed by atoms with Gasteiger partial charge in [-0.15, -0.1) is 0 Å². The lowest BCUT2D eigenvalue weighted by Gasteiger charge is -2.20. The number of aliphatic carboxylic acids is 1. The molecule has 2 N–H and O–H groups in total. The van der Waals surface area contributed by atoms with Crippen molar-refractivity contribution in [1.29, 1.82) is 5.26 Å². The van der Waals surface area contributed by atoms with Gasteiger partial charge in [0.05, 0.1) is 10.6 Å². The fourth-order valence-corrected chi connectivity index (χ4v) is 5.33.